The second-order valence-corrected chi connectivity index (χ2v) is 14.4. The van der Waals surface area contributed by atoms with Crippen LogP contribution in [0.4, 0.5) is 0 Å². The Morgan fingerprint density at radius 3 is 2.45 bits per heavy atom. The summed E-state index contributed by atoms with van der Waals surface area (Å²) < 4.78 is 18.4. The summed E-state index contributed by atoms with van der Waals surface area (Å²) in [5.74, 6) is -0.481. The first-order chi connectivity index (χ1) is 22.2. The summed E-state index contributed by atoms with van der Waals surface area (Å²) in [4.78, 5) is 17.4. The summed E-state index contributed by atoms with van der Waals surface area (Å²) in [6.07, 6.45) is -1.10. The summed E-state index contributed by atoms with van der Waals surface area (Å²) in [5, 5.41) is 54.4. The first-order valence-corrected chi connectivity index (χ1v) is 16.6. The summed E-state index contributed by atoms with van der Waals surface area (Å²) in [7, 11) is 1.60. The first-order valence-electron chi connectivity index (χ1n) is 16.6. The molecule has 1 amide bonds. The van der Waals surface area contributed by atoms with E-state index >= 15 is 0 Å². The minimum atomic E-state index is -1.73. The number of guanidine groups is 1. The number of ether oxygens (including phenoxy) is 3. The fourth-order valence-corrected chi connectivity index (χ4v) is 7.93. The first kappa shape index (κ1) is 36.1. The third-order valence-electron chi connectivity index (χ3n) is 10.6. The number of nitrogens with zero attached hydrogens (tertiary/aromatic N) is 1. The number of nitrogens with two attached hydrogens (primary N) is 5. The Morgan fingerprint density at radius 1 is 1.13 bits per heavy atom. The normalized spacial score (nSPS) is 46.7. The standard InChI is InChI=1S/C30H55N9O8/c1-29(43)12-45-26(22(41)25(29)36-2)47-24-19(39-27(42)30(44)8-15(9-30)38-28(34)35)7-17(33)20(21(24)40)23-18(4-3-16(10-31)46-23)37-11-13-5-14(32)6-13/h3,13-15,17-26,36-37,40-41,43-44H,4-12,31-33H2,1-2H3,(H,39,42)(H4,34,35,38). The molecule has 3 aliphatic carbocycles. The van der Waals surface area contributed by atoms with E-state index in [9.17, 15) is 25.2 Å². The number of amides is 1. The quantitative estimate of drug-likeness (QED) is 0.0725. The maximum atomic E-state index is 13.4. The zero-order valence-corrected chi connectivity index (χ0v) is 27.2. The molecule has 0 aromatic carbocycles. The molecule has 0 spiro atoms. The van der Waals surface area contributed by atoms with Gasteiger partial charge in [-0.3, -0.25) is 9.79 Å². The number of aliphatic hydroxyl groups is 4. The molecule has 0 bridgehead atoms. The molecule has 0 aromatic heterocycles. The van der Waals surface area contributed by atoms with Crippen molar-refractivity contribution in [1.82, 2.24) is 16.0 Å². The van der Waals surface area contributed by atoms with Gasteiger partial charge in [-0.2, -0.15) is 0 Å². The molecule has 4 fully saturated rings. The Hall–Kier alpha value is -2.16. The van der Waals surface area contributed by atoms with Crippen LogP contribution in [-0.4, -0.2) is 137 Å². The molecular weight excluding hydrogens is 614 g/mol. The molecule has 17 nitrogen and oxygen atoms in total. The van der Waals surface area contributed by atoms with E-state index < -0.39 is 77.9 Å². The van der Waals surface area contributed by atoms with Crippen molar-refractivity contribution in [1.29, 1.82) is 0 Å². The number of aliphatic hydroxyl groups excluding tert-OH is 2. The topological polar surface area (TPSA) is 304 Å². The van der Waals surface area contributed by atoms with E-state index in [2.05, 4.69) is 20.9 Å². The highest BCUT2D eigenvalue weighted by molar-refractivity contribution is 5.87. The van der Waals surface area contributed by atoms with Crippen LogP contribution in [0.3, 0.4) is 0 Å². The van der Waals surface area contributed by atoms with Crippen LogP contribution in [0.5, 0.6) is 0 Å². The Labute approximate surface area is 275 Å². The van der Waals surface area contributed by atoms with Gasteiger partial charge in [0.05, 0.1) is 37.4 Å². The van der Waals surface area contributed by atoms with Gasteiger partial charge in [0.2, 0.25) is 0 Å². The maximum Gasteiger partial charge on any atom is 0.252 e. The average molecular weight is 670 g/mol. The lowest BCUT2D eigenvalue weighted by Gasteiger charge is -2.51. The molecule has 5 aliphatic rings. The van der Waals surface area contributed by atoms with Gasteiger partial charge in [-0.05, 0) is 58.2 Å². The minimum absolute atomic E-state index is 0.0128. The van der Waals surface area contributed by atoms with E-state index in [0.29, 0.717) is 18.1 Å². The second-order valence-electron chi connectivity index (χ2n) is 14.4. The monoisotopic (exact) mass is 669 g/mol. The molecule has 11 atom stereocenters. The van der Waals surface area contributed by atoms with Crippen molar-refractivity contribution in [3.63, 3.8) is 0 Å². The van der Waals surface area contributed by atoms with Crippen molar-refractivity contribution in [2.45, 2.75) is 124 Å². The third-order valence-corrected chi connectivity index (χ3v) is 10.6. The highest BCUT2D eigenvalue weighted by Crippen LogP contribution is 2.39. The van der Waals surface area contributed by atoms with Gasteiger partial charge in [0.15, 0.2) is 12.2 Å². The molecule has 17 N–H and O–H groups in total. The number of rotatable bonds is 11. The molecule has 1 saturated heterocycles. The van der Waals surface area contributed by atoms with Gasteiger partial charge in [0.1, 0.15) is 35.3 Å². The molecule has 2 aliphatic heterocycles. The summed E-state index contributed by atoms with van der Waals surface area (Å²) in [6.45, 7) is 2.27. The molecule has 5 rings (SSSR count). The van der Waals surface area contributed by atoms with E-state index in [1.54, 1.807) is 7.05 Å². The fourth-order valence-electron chi connectivity index (χ4n) is 7.93. The van der Waals surface area contributed by atoms with Gasteiger partial charge in [0.25, 0.3) is 5.91 Å². The van der Waals surface area contributed by atoms with Gasteiger partial charge >= 0.3 is 0 Å². The van der Waals surface area contributed by atoms with Crippen LogP contribution in [0.15, 0.2) is 16.8 Å². The number of carbonyl (C=O) groups is 1. The van der Waals surface area contributed by atoms with E-state index in [-0.39, 0.29) is 50.5 Å². The predicted octanol–water partition coefficient (Wildman–Crippen LogP) is -4.89. The lowest BCUT2D eigenvalue weighted by Crippen LogP contribution is -2.70. The van der Waals surface area contributed by atoms with E-state index in [0.717, 1.165) is 19.4 Å². The van der Waals surface area contributed by atoms with E-state index in [1.165, 1.54) is 6.92 Å². The summed E-state index contributed by atoms with van der Waals surface area (Å²) in [5.41, 5.74) is 26.5. The summed E-state index contributed by atoms with van der Waals surface area (Å²) >= 11 is 0. The highest BCUT2D eigenvalue weighted by atomic mass is 16.7. The number of hydrogen-bond acceptors (Lipinski definition) is 14. The van der Waals surface area contributed by atoms with Crippen LogP contribution in [0.1, 0.15) is 45.4 Å². The van der Waals surface area contributed by atoms with Gasteiger partial charge < -0.3 is 79.3 Å². The number of nitrogens with one attached hydrogen (secondary N) is 3. The van der Waals surface area contributed by atoms with Crippen molar-refractivity contribution in [3.05, 3.63) is 11.8 Å². The molecule has 0 radical (unpaired) electrons. The van der Waals surface area contributed by atoms with Crippen molar-refractivity contribution in [2.24, 2.45) is 45.5 Å². The Morgan fingerprint density at radius 2 is 1.83 bits per heavy atom. The second kappa shape index (κ2) is 14.4. The van der Waals surface area contributed by atoms with Gasteiger partial charge in [0, 0.05) is 36.9 Å². The summed E-state index contributed by atoms with van der Waals surface area (Å²) in [6, 6.07) is -2.78. The van der Waals surface area contributed by atoms with Gasteiger partial charge in [-0.15, -0.1) is 0 Å². The molecule has 17 heteroatoms. The fraction of sp³-hybridized carbons (Fsp3) is 0.867. The smallest absolute Gasteiger partial charge is 0.252 e. The minimum Gasteiger partial charge on any atom is -0.492 e. The highest BCUT2D eigenvalue weighted by Gasteiger charge is 2.56. The lowest BCUT2D eigenvalue weighted by molar-refractivity contribution is -0.297. The van der Waals surface area contributed by atoms with Crippen LogP contribution < -0.4 is 44.6 Å². The molecule has 3 saturated carbocycles. The number of hydrogen-bond donors (Lipinski definition) is 12. The number of carbonyl (C=O) groups excluding carboxylic acids is 1. The van der Waals surface area contributed by atoms with Crippen LogP contribution in [0.2, 0.25) is 0 Å². The van der Waals surface area contributed by atoms with Crippen molar-refractivity contribution < 1.29 is 39.4 Å². The zero-order chi connectivity index (χ0) is 34.3. The van der Waals surface area contributed by atoms with E-state index in [4.69, 9.17) is 42.9 Å². The molecule has 11 unspecified atom stereocenters. The maximum absolute atomic E-state index is 13.4. The molecule has 2 heterocycles. The molecule has 0 aromatic rings. The number of aliphatic imine (C=N–C) groups is 1. The lowest BCUT2D eigenvalue weighted by atomic mass is 9.71. The average Bonchev–Trinajstić information content (AvgIpc) is 2.96. The molecule has 268 valence electrons. The predicted molar refractivity (Wildman–Crippen MR) is 171 cm³/mol. The van der Waals surface area contributed by atoms with E-state index in [1.807, 2.05) is 6.08 Å². The van der Waals surface area contributed by atoms with Crippen LogP contribution >= 0.6 is 0 Å². The largest absolute Gasteiger partial charge is 0.492 e. The van der Waals surface area contributed by atoms with Crippen molar-refractivity contribution in [2.75, 3.05) is 26.7 Å². The van der Waals surface area contributed by atoms with Crippen LogP contribution in [0.25, 0.3) is 0 Å². The van der Waals surface area contributed by atoms with Crippen molar-refractivity contribution in [3.8, 4) is 0 Å². The SMILES string of the molecule is CNC1C(O)C(OC2C(NC(=O)C3(O)CC(N=C(N)N)C3)CC(N)C(C3OC(CN)=CCC3NCC3CC(N)C3)C2O)OCC1(C)O. The van der Waals surface area contributed by atoms with Gasteiger partial charge in [-0.25, -0.2) is 0 Å². The molecule has 47 heavy (non-hydrogen) atoms. The molecular formula is C30H55N9O8. The Kier molecular flexibility index (Phi) is 11.0. The third kappa shape index (κ3) is 7.70. The Bertz CT molecular complexity index is 1160. The van der Waals surface area contributed by atoms with Gasteiger partial charge in [-0.1, -0.05) is 0 Å². The zero-order valence-electron chi connectivity index (χ0n) is 27.2. The number of likely N-dealkylation sites (N-methyl/N-ethyl adjacent to an activating group) is 1. The van der Waals surface area contributed by atoms with Crippen molar-refractivity contribution >= 4 is 11.9 Å². The van der Waals surface area contributed by atoms with Crippen LogP contribution in [-0.2, 0) is 19.0 Å². The Balaban J connectivity index is 1.38. The van der Waals surface area contributed by atoms with Crippen LogP contribution in [0, 0.1) is 11.8 Å².